The number of imide groups is 1. The highest BCUT2D eigenvalue weighted by molar-refractivity contribution is 6.30. The predicted octanol–water partition coefficient (Wildman–Crippen LogP) is 6.80. The summed E-state index contributed by atoms with van der Waals surface area (Å²) >= 11 is 5.96. The topological polar surface area (TPSA) is 37.4 Å². The first-order chi connectivity index (χ1) is 15.6. The van der Waals surface area contributed by atoms with Crippen LogP contribution in [0, 0.1) is 6.92 Å². The van der Waals surface area contributed by atoms with Gasteiger partial charge in [0, 0.05) is 5.02 Å². The Kier molecular flexibility index (Phi) is 6.13. The Morgan fingerprint density at radius 3 is 2.09 bits per heavy atom. The van der Waals surface area contributed by atoms with Crippen molar-refractivity contribution < 1.29 is 22.8 Å². The summed E-state index contributed by atoms with van der Waals surface area (Å²) in [5.74, 6) is -2.51. The Morgan fingerprint density at radius 1 is 0.939 bits per heavy atom. The number of halogens is 4. The van der Waals surface area contributed by atoms with E-state index in [1.54, 1.807) is 61.5 Å². The number of carbonyl (C=O) groups excluding carboxylic acids is 2. The number of alkyl halides is 3. The zero-order valence-electron chi connectivity index (χ0n) is 17.6. The van der Waals surface area contributed by atoms with E-state index in [0.29, 0.717) is 27.8 Å². The van der Waals surface area contributed by atoms with Crippen LogP contribution in [0.3, 0.4) is 0 Å². The van der Waals surface area contributed by atoms with E-state index < -0.39 is 12.1 Å². The molecule has 0 N–H and O–H groups in total. The Bertz CT molecular complexity index is 1190. The second-order valence-electron chi connectivity index (χ2n) is 7.92. The Labute approximate surface area is 194 Å². The van der Waals surface area contributed by atoms with Gasteiger partial charge in [-0.2, -0.15) is 13.2 Å². The van der Waals surface area contributed by atoms with Gasteiger partial charge in [-0.05, 0) is 53.4 Å². The zero-order valence-corrected chi connectivity index (χ0v) is 18.3. The number of allylic oxidation sites excluding steroid dienone is 1. The molecule has 1 aliphatic rings. The molecule has 3 aromatic carbocycles. The predicted molar refractivity (Wildman–Crippen MR) is 121 cm³/mol. The van der Waals surface area contributed by atoms with Crippen LogP contribution in [0.4, 0.5) is 13.2 Å². The van der Waals surface area contributed by atoms with Crippen molar-refractivity contribution in [3.63, 3.8) is 0 Å². The van der Waals surface area contributed by atoms with E-state index in [1.807, 2.05) is 0 Å². The molecule has 0 aromatic heterocycles. The number of carbonyl (C=O) groups is 2. The van der Waals surface area contributed by atoms with Crippen molar-refractivity contribution in [1.82, 2.24) is 4.90 Å². The number of hydrogen-bond acceptors (Lipinski definition) is 2. The van der Waals surface area contributed by atoms with Gasteiger partial charge < -0.3 is 0 Å². The summed E-state index contributed by atoms with van der Waals surface area (Å²) in [5, 5.41) is 0.255. The van der Waals surface area contributed by atoms with Crippen LogP contribution in [0.15, 0.2) is 72.8 Å². The molecule has 7 heteroatoms. The first kappa shape index (κ1) is 22.8. The Hall–Kier alpha value is -3.38. The van der Waals surface area contributed by atoms with E-state index >= 15 is 0 Å². The molecule has 0 saturated carbocycles. The average Bonchev–Trinajstić information content (AvgIpc) is 2.98. The van der Waals surface area contributed by atoms with Gasteiger partial charge in [-0.15, -0.1) is 0 Å². The number of amides is 2. The fourth-order valence-corrected chi connectivity index (χ4v) is 4.16. The molecule has 3 aromatic rings. The van der Waals surface area contributed by atoms with Gasteiger partial charge in [0.1, 0.15) is 0 Å². The van der Waals surface area contributed by atoms with Crippen molar-refractivity contribution in [1.29, 1.82) is 0 Å². The molecule has 0 fully saturated rings. The van der Waals surface area contributed by atoms with Crippen LogP contribution < -0.4 is 0 Å². The van der Waals surface area contributed by atoms with E-state index in [-0.39, 0.29) is 28.9 Å². The molecule has 4 rings (SSSR count). The van der Waals surface area contributed by atoms with Crippen LogP contribution in [0.2, 0.25) is 5.02 Å². The van der Waals surface area contributed by atoms with E-state index in [1.165, 1.54) is 18.2 Å². The number of nitrogens with zero attached hydrogens (tertiary/aromatic N) is 1. The molecule has 168 valence electrons. The summed E-state index contributed by atoms with van der Waals surface area (Å²) in [6.45, 7) is 1.78. The second-order valence-corrected chi connectivity index (χ2v) is 8.36. The first-order valence-electron chi connectivity index (χ1n) is 10.2. The molecule has 0 spiro atoms. The smallest absolute Gasteiger partial charge is 0.270 e. The van der Waals surface area contributed by atoms with Crippen molar-refractivity contribution >= 4 is 29.5 Å². The van der Waals surface area contributed by atoms with Gasteiger partial charge in [-0.25, -0.2) is 0 Å². The maximum absolute atomic E-state index is 13.7. The minimum Gasteiger partial charge on any atom is -0.270 e. The second kappa shape index (κ2) is 8.87. The van der Waals surface area contributed by atoms with E-state index in [2.05, 4.69) is 0 Å². The normalized spacial score (nSPS) is 14.8. The largest absolute Gasteiger partial charge is 0.399 e. The van der Waals surface area contributed by atoms with Crippen LogP contribution in [-0.4, -0.2) is 22.9 Å². The highest BCUT2D eigenvalue weighted by Crippen LogP contribution is 2.37. The van der Waals surface area contributed by atoms with Gasteiger partial charge in [-0.1, -0.05) is 66.2 Å². The summed E-state index contributed by atoms with van der Waals surface area (Å²) in [7, 11) is 0. The molecular formula is C26H19ClF3NO2. The van der Waals surface area contributed by atoms with E-state index in [4.69, 9.17) is 11.6 Å². The molecule has 0 radical (unpaired) electrons. The van der Waals surface area contributed by atoms with Crippen LogP contribution >= 0.6 is 11.6 Å². The summed E-state index contributed by atoms with van der Waals surface area (Å²) < 4.78 is 41.1. The molecule has 0 bridgehead atoms. The maximum atomic E-state index is 13.7. The zero-order chi connectivity index (χ0) is 23.8. The quantitative estimate of drug-likeness (QED) is 0.385. The number of benzene rings is 3. The minimum absolute atomic E-state index is 0.0750. The molecule has 1 atom stereocenters. The third-order valence-corrected chi connectivity index (χ3v) is 5.67. The number of fused-ring (bicyclic) bond motifs is 1. The molecule has 33 heavy (non-hydrogen) atoms. The van der Waals surface area contributed by atoms with Crippen LogP contribution in [0.1, 0.15) is 48.9 Å². The van der Waals surface area contributed by atoms with Gasteiger partial charge in [-0.3, -0.25) is 14.5 Å². The average molecular weight is 470 g/mol. The summed E-state index contributed by atoms with van der Waals surface area (Å²) in [4.78, 5) is 26.2. The third kappa shape index (κ3) is 4.86. The highest BCUT2D eigenvalue weighted by atomic mass is 35.5. The molecule has 2 amide bonds. The lowest BCUT2D eigenvalue weighted by molar-refractivity contribution is -0.139. The summed E-state index contributed by atoms with van der Waals surface area (Å²) in [5.41, 5.74) is 2.73. The highest BCUT2D eigenvalue weighted by Gasteiger charge is 2.39. The fraction of sp³-hybridized carbons (Fsp3) is 0.154. The SMILES string of the molecule is Cc1cc(Cl)cc(C(/C=C/c2ccc(CN3C(=O)c4ccccc4C3=O)cc2)C(F)(F)F)c1. The molecular weight excluding hydrogens is 451 g/mol. The van der Waals surface area contributed by atoms with E-state index in [0.717, 1.165) is 11.0 Å². The standard InChI is InChI=1S/C26H19ClF3NO2/c1-16-12-19(14-20(27)13-16)23(26(28,29)30)11-10-17-6-8-18(9-7-17)15-31-24(32)21-4-2-3-5-22(21)25(31)33/h2-14,23H,15H2,1H3/b11-10+. The van der Waals surface area contributed by atoms with Crippen molar-refractivity contribution in [2.45, 2.75) is 25.6 Å². The monoisotopic (exact) mass is 469 g/mol. The van der Waals surface area contributed by atoms with Crippen molar-refractivity contribution in [2.24, 2.45) is 0 Å². The lowest BCUT2D eigenvalue weighted by Gasteiger charge is -2.18. The molecule has 1 unspecified atom stereocenters. The van der Waals surface area contributed by atoms with Gasteiger partial charge in [0.2, 0.25) is 0 Å². The van der Waals surface area contributed by atoms with Crippen molar-refractivity contribution in [2.75, 3.05) is 0 Å². The van der Waals surface area contributed by atoms with Gasteiger partial charge in [0.15, 0.2) is 0 Å². The van der Waals surface area contributed by atoms with Crippen LogP contribution in [-0.2, 0) is 6.54 Å². The lowest BCUT2D eigenvalue weighted by Crippen LogP contribution is -2.29. The first-order valence-corrected chi connectivity index (χ1v) is 10.6. The van der Waals surface area contributed by atoms with Crippen molar-refractivity contribution in [3.8, 4) is 0 Å². The minimum atomic E-state index is -4.47. The molecule has 1 heterocycles. The Balaban J connectivity index is 1.51. The fourth-order valence-electron chi connectivity index (χ4n) is 3.86. The maximum Gasteiger partial charge on any atom is 0.399 e. The molecule has 1 aliphatic heterocycles. The van der Waals surface area contributed by atoms with Crippen LogP contribution in [0.25, 0.3) is 6.08 Å². The number of hydrogen-bond donors (Lipinski definition) is 0. The van der Waals surface area contributed by atoms with Gasteiger partial charge in [0.05, 0.1) is 23.6 Å². The summed E-state index contributed by atoms with van der Waals surface area (Å²) in [6, 6.07) is 17.7. The lowest BCUT2D eigenvalue weighted by atomic mass is 9.95. The van der Waals surface area contributed by atoms with Gasteiger partial charge >= 0.3 is 6.18 Å². The number of rotatable bonds is 5. The van der Waals surface area contributed by atoms with Crippen LogP contribution in [0.5, 0.6) is 0 Å². The molecule has 3 nitrogen and oxygen atoms in total. The summed E-state index contributed by atoms with van der Waals surface area (Å²) in [6.07, 6.45) is -1.97. The molecule has 0 aliphatic carbocycles. The molecule has 0 saturated heterocycles. The van der Waals surface area contributed by atoms with Crippen molar-refractivity contribution in [3.05, 3.63) is 111 Å². The number of aryl methyl sites for hydroxylation is 1. The van der Waals surface area contributed by atoms with Gasteiger partial charge in [0.25, 0.3) is 11.8 Å². The third-order valence-electron chi connectivity index (χ3n) is 5.46. The van der Waals surface area contributed by atoms with E-state index in [9.17, 15) is 22.8 Å². The Morgan fingerprint density at radius 2 is 1.55 bits per heavy atom.